The average Bonchev–Trinajstić information content (AvgIpc) is 2.64. The topological polar surface area (TPSA) is 79.5 Å². The number of anilines is 1. The number of rotatable bonds is 8. The van der Waals surface area contributed by atoms with Gasteiger partial charge >= 0.3 is 0 Å². The molecule has 2 aromatic carbocycles. The minimum absolute atomic E-state index is 0.0827. The van der Waals surface area contributed by atoms with Gasteiger partial charge in [-0.2, -0.15) is 0 Å². The van der Waals surface area contributed by atoms with Gasteiger partial charge in [-0.25, -0.2) is 0 Å². The molecule has 6 heteroatoms. The molecule has 0 atom stereocenters. The van der Waals surface area contributed by atoms with Crippen LogP contribution in [0.3, 0.4) is 0 Å². The van der Waals surface area contributed by atoms with E-state index < -0.39 is 0 Å². The summed E-state index contributed by atoms with van der Waals surface area (Å²) < 4.78 is 5.50. The van der Waals surface area contributed by atoms with Gasteiger partial charge in [-0.3, -0.25) is 9.59 Å². The Morgan fingerprint density at radius 3 is 2.46 bits per heavy atom. The van der Waals surface area contributed by atoms with Gasteiger partial charge in [0.2, 0.25) is 5.91 Å². The maximum Gasteiger partial charge on any atom is 0.253 e. The van der Waals surface area contributed by atoms with Crippen molar-refractivity contribution in [1.29, 1.82) is 0 Å². The van der Waals surface area contributed by atoms with E-state index in [4.69, 9.17) is 4.74 Å². The minimum atomic E-state index is -0.199. The fraction of sp³-hybridized carbons (Fsp3) is 0.222. The average molecular weight is 327 g/mol. The molecule has 0 radical (unpaired) electrons. The summed E-state index contributed by atoms with van der Waals surface area (Å²) in [4.78, 5) is 23.6. The number of para-hydroxylation sites is 2. The summed E-state index contributed by atoms with van der Waals surface area (Å²) in [6.07, 6.45) is 0. The fourth-order valence-corrected chi connectivity index (χ4v) is 2.08. The third-order valence-corrected chi connectivity index (χ3v) is 3.27. The first-order chi connectivity index (χ1) is 11.7. The number of hydrogen-bond acceptors (Lipinski definition) is 4. The van der Waals surface area contributed by atoms with Gasteiger partial charge < -0.3 is 20.7 Å². The Hall–Kier alpha value is -3.02. The van der Waals surface area contributed by atoms with E-state index in [1.165, 1.54) is 0 Å². The Morgan fingerprint density at radius 2 is 1.71 bits per heavy atom. The molecule has 126 valence electrons. The van der Waals surface area contributed by atoms with Crippen LogP contribution >= 0.6 is 0 Å². The highest BCUT2D eigenvalue weighted by Gasteiger charge is 2.09. The van der Waals surface area contributed by atoms with E-state index in [1.54, 1.807) is 31.3 Å². The first-order valence-corrected chi connectivity index (χ1v) is 7.70. The van der Waals surface area contributed by atoms with E-state index in [9.17, 15) is 9.59 Å². The first kappa shape index (κ1) is 17.3. The van der Waals surface area contributed by atoms with Gasteiger partial charge in [-0.15, -0.1) is 0 Å². The molecule has 0 saturated carbocycles. The summed E-state index contributed by atoms with van der Waals surface area (Å²) in [5.74, 6) is 0.400. The quantitative estimate of drug-likeness (QED) is 0.644. The fourth-order valence-electron chi connectivity index (χ4n) is 2.08. The SMILES string of the molecule is CNC(=O)c1ccccc1NCC(=O)NCCOc1ccccc1. The Morgan fingerprint density at radius 1 is 1.00 bits per heavy atom. The number of nitrogens with one attached hydrogen (secondary N) is 3. The highest BCUT2D eigenvalue weighted by atomic mass is 16.5. The van der Waals surface area contributed by atoms with E-state index in [1.807, 2.05) is 30.3 Å². The van der Waals surface area contributed by atoms with Gasteiger partial charge in [0, 0.05) is 12.7 Å². The molecule has 0 aliphatic rings. The molecule has 0 saturated heterocycles. The number of carbonyl (C=O) groups excluding carboxylic acids is 2. The van der Waals surface area contributed by atoms with E-state index in [-0.39, 0.29) is 18.4 Å². The second-order valence-electron chi connectivity index (χ2n) is 4.99. The molecular formula is C18H21N3O3. The van der Waals surface area contributed by atoms with Crippen molar-refractivity contribution in [3.63, 3.8) is 0 Å². The largest absolute Gasteiger partial charge is 0.492 e. The Bertz CT molecular complexity index is 674. The number of ether oxygens (including phenoxy) is 1. The van der Waals surface area contributed by atoms with Crippen LogP contribution in [0.15, 0.2) is 54.6 Å². The number of benzene rings is 2. The van der Waals surface area contributed by atoms with Crippen LogP contribution in [0.25, 0.3) is 0 Å². The minimum Gasteiger partial charge on any atom is -0.492 e. The Kier molecular flexibility index (Phi) is 6.64. The monoisotopic (exact) mass is 327 g/mol. The standard InChI is InChI=1S/C18H21N3O3/c1-19-18(23)15-9-5-6-10-16(15)21-13-17(22)20-11-12-24-14-7-3-2-4-8-14/h2-10,21H,11-13H2,1H3,(H,19,23)(H,20,22). The molecular weight excluding hydrogens is 306 g/mol. The molecule has 0 unspecified atom stereocenters. The van der Waals surface area contributed by atoms with Gasteiger partial charge in [-0.1, -0.05) is 30.3 Å². The zero-order valence-electron chi connectivity index (χ0n) is 13.5. The van der Waals surface area contributed by atoms with Crippen molar-refractivity contribution in [2.24, 2.45) is 0 Å². The Balaban J connectivity index is 1.73. The summed E-state index contributed by atoms with van der Waals surface area (Å²) in [7, 11) is 1.57. The lowest BCUT2D eigenvalue weighted by molar-refractivity contribution is -0.119. The van der Waals surface area contributed by atoms with E-state index >= 15 is 0 Å². The van der Waals surface area contributed by atoms with Gasteiger partial charge in [0.15, 0.2) is 0 Å². The third kappa shape index (κ3) is 5.31. The predicted octanol–water partition coefficient (Wildman–Crippen LogP) is 1.65. The van der Waals surface area contributed by atoms with Crippen LogP contribution in [0.2, 0.25) is 0 Å². The molecule has 0 spiro atoms. The predicted molar refractivity (Wildman–Crippen MR) is 93.3 cm³/mol. The van der Waals surface area contributed by atoms with Crippen molar-refractivity contribution in [2.45, 2.75) is 0 Å². The van der Waals surface area contributed by atoms with Crippen molar-refractivity contribution in [3.05, 3.63) is 60.2 Å². The van der Waals surface area contributed by atoms with Crippen LogP contribution in [0.1, 0.15) is 10.4 Å². The number of hydrogen-bond donors (Lipinski definition) is 3. The summed E-state index contributed by atoms with van der Waals surface area (Å²) in [5, 5.41) is 8.30. The van der Waals surface area contributed by atoms with Crippen LogP contribution in [0.5, 0.6) is 5.75 Å². The molecule has 24 heavy (non-hydrogen) atoms. The molecule has 0 bridgehead atoms. The molecule has 2 rings (SSSR count). The zero-order valence-corrected chi connectivity index (χ0v) is 13.5. The lowest BCUT2D eigenvalue weighted by Crippen LogP contribution is -2.33. The molecule has 0 aromatic heterocycles. The van der Waals surface area contributed by atoms with Crippen molar-refractivity contribution >= 4 is 17.5 Å². The van der Waals surface area contributed by atoms with Gasteiger partial charge in [0.05, 0.1) is 18.7 Å². The van der Waals surface area contributed by atoms with Crippen LogP contribution in [0, 0.1) is 0 Å². The molecule has 0 aliphatic carbocycles. The molecule has 0 aliphatic heterocycles. The molecule has 2 amide bonds. The lowest BCUT2D eigenvalue weighted by atomic mass is 10.1. The van der Waals surface area contributed by atoms with Crippen molar-refractivity contribution in [1.82, 2.24) is 10.6 Å². The lowest BCUT2D eigenvalue weighted by Gasteiger charge is -2.11. The second-order valence-corrected chi connectivity index (χ2v) is 4.99. The van der Waals surface area contributed by atoms with Crippen LogP contribution in [-0.2, 0) is 4.79 Å². The smallest absolute Gasteiger partial charge is 0.253 e. The van der Waals surface area contributed by atoms with Crippen molar-refractivity contribution in [3.8, 4) is 5.75 Å². The summed E-state index contributed by atoms with van der Waals surface area (Å²) in [6.45, 7) is 0.885. The molecule has 0 fully saturated rings. The highest BCUT2D eigenvalue weighted by molar-refractivity contribution is 5.99. The van der Waals surface area contributed by atoms with Crippen molar-refractivity contribution in [2.75, 3.05) is 32.1 Å². The van der Waals surface area contributed by atoms with E-state index in [0.717, 1.165) is 5.75 Å². The molecule has 6 nitrogen and oxygen atoms in total. The Labute approximate surface area is 141 Å². The third-order valence-electron chi connectivity index (χ3n) is 3.27. The summed E-state index contributed by atoms with van der Waals surface area (Å²) >= 11 is 0. The van der Waals surface area contributed by atoms with Crippen molar-refractivity contribution < 1.29 is 14.3 Å². The van der Waals surface area contributed by atoms with Gasteiger partial charge in [-0.05, 0) is 24.3 Å². The second kappa shape index (κ2) is 9.19. The highest BCUT2D eigenvalue weighted by Crippen LogP contribution is 2.14. The summed E-state index contributed by atoms with van der Waals surface area (Å²) in [5.41, 5.74) is 1.12. The maximum absolute atomic E-state index is 11.8. The van der Waals surface area contributed by atoms with E-state index in [0.29, 0.717) is 24.4 Å². The number of amides is 2. The maximum atomic E-state index is 11.8. The van der Waals surface area contributed by atoms with Gasteiger partial charge in [0.1, 0.15) is 12.4 Å². The normalized spacial score (nSPS) is 9.88. The van der Waals surface area contributed by atoms with Gasteiger partial charge in [0.25, 0.3) is 5.91 Å². The van der Waals surface area contributed by atoms with E-state index in [2.05, 4.69) is 16.0 Å². The zero-order chi connectivity index (χ0) is 17.2. The number of carbonyl (C=O) groups is 2. The van der Waals surface area contributed by atoms with Crippen LogP contribution in [-0.4, -0.2) is 38.6 Å². The molecule has 2 aromatic rings. The molecule has 3 N–H and O–H groups in total. The molecule has 0 heterocycles. The van der Waals surface area contributed by atoms with Crippen LogP contribution < -0.4 is 20.7 Å². The summed E-state index contributed by atoms with van der Waals surface area (Å²) in [6, 6.07) is 16.5. The first-order valence-electron chi connectivity index (χ1n) is 7.70. The van der Waals surface area contributed by atoms with Crippen LogP contribution in [0.4, 0.5) is 5.69 Å².